The highest BCUT2D eigenvalue weighted by Gasteiger charge is 2.15. The number of nitrogens with one attached hydrogen (secondary N) is 1. The van der Waals surface area contributed by atoms with E-state index < -0.39 is 11.5 Å². The number of nitrogens with zero attached hydrogens (tertiary/aromatic N) is 1. The maximum Gasteiger partial charge on any atom is 0.337 e. The van der Waals surface area contributed by atoms with Gasteiger partial charge in [0.15, 0.2) is 0 Å². The first-order chi connectivity index (χ1) is 12.5. The number of methoxy groups -OCH3 is 1. The molecule has 1 heterocycles. The first kappa shape index (κ1) is 17.2. The molecule has 0 aliphatic carbocycles. The van der Waals surface area contributed by atoms with Gasteiger partial charge in [-0.25, -0.2) is 4.79 Å². The van der Waals surface area contributed by atoms with Gasteiger partial charge < -0.3 is 9.72 Å². The summed E-state index contributed by atoms with van der Waals surface area (Å²) in [5.74, 6) is -0.422. The van der Waals surface area contributed by atoms with Crippen molar-refractivity contribution >= 4 is 5.97 Å². The summed E-state index contributed by atoms with van der Waals surface area (Å²) < 4.78 is 4.78. The van der Waals surface area contributed by atoms with Crippen molar-refractivity contribution in [1.29, 1.82) is 5.26 Å². The zero-order chi connectivity index (χ0) is 18.7. The first-order valence-corrected chi connectivity index (χ1v) is 7.97. The normalized spacial score (nSPS) is 10.2. The van der Waals surface area contributed by atoms with E-state index in [9.17, 15) is 14.9 Å². The number of pyridine rings is 1. The van der Waals surface area contributed by atoms with Crippen LogP contribution in [0.2, 0.25) is 0 Å². The number of H-pyrrole nitrogens is 1. The average Bonchev–Trinajstić information content (AvgIpc) is 2.67. The number of esters is 1. The molecule has 0 atom stereocenters. The number of hydrogen-bond donors (Lipinski definition) is 1. The number of aromatic nitrogens is 1. The predicted molar refractivity (Wildman–Crippen MR) is 98.7 cm³/mol. The van der Waals surface area contributed by atoms with Crippen LogP contribution in [-0.2, 0) is 4.74 Å². The van der Waals surface area contributed by atoms with Gasteiger partial charge in [0.25, 0.3) is 5.56 Å². The Morgan fingerprint density at radius 3 is 2.46 bits per heavy atom. The molecule has 0 saturated heterocycles. The number of nitriles is 1. The standard InChI is InChI=1S/C21H16N2O3/c1-13-10-18(19(12-22)20(24)23-13)17-9-4-3-8-16(17)14-6-5-7-15(11-14)21(25)26-2/h3-11H,1-2H3,(H,23,24). The highest BCUT2D eigenvalue weighted by Crippen LogP contribution is 2.33. The summed E-state index contributed by atoms with van der Waals surface area (Å²) in [7, 11) is 1.33. The van der Waals surface area contributed by atoms with Gasteiger partial charge in [-0.3, -0.25) is 4.79 Å². The molecule has 0 aliphatic heterocycles. The molecule has 3 rings (SSSR count). The van der Waals surface area contributed by atoms with E-state index in [1.165, 1.54) is 7.11 Å². The van der Waals surface area contributed by atoms with Gasteiger partial charge in [0, 0.05) is 11.3 Å². The third kappa shape index (κ3) is 3.13. The van der Waals surface area contributed by atoms with Crippen LogP contribution >= 0.6 is 0 Å². The number of benzene rings is 2. The van der Waals surface area contributed by atoms with Crippen LogP contribution in [0.3, 0.4) is 0 Å². The molecule has 128 valence electrons. The van der Waals surface area contributed by atoms with Crippen LogP contribution in [0.5, 0.6) is 0 Å². The number of hydrogen-bond acceptors (Lipinski definition) is 4. The summed E-state index contributed by atoms with van der Waals surface area (Å²) in [6.07, 6.45) is 0. The molecule has 0 fully saturated rings. The molecule has 26 heavy (non-hydrogen) atoms. The zero-order valence-corrected chi connectivity index (χ0v) is 14.4. The fourth-order valence-corrected chi connectivity index (χ4v) is 2.91. The highest BCUT2D eigenvalue weighted by atomic mass is 16.5. The van der Waals surface area contributed by atoms with Gasteiger partial charge in [-0.1, -0.05) is 36.4 Å². The lowest BCUT2D eigenvalue weighted by molar-refractivity contribution is 0.0601. The average molecular weight is 344 g/mol. The van der Waals surface area contributed by atoms with E-state index in [1.807, 2.05) is 36.4 Å². The molecule has 5 nitrogen and oxygen atoms in total. The lowest BCUT2D eigenvalue weighted by Gasteiger charge is -2.12. The van der Waals surface area contributed by atoms with Gasteiger partial charge >= 0.3 is 5.97 Å². The van der Waals surface area contributed by atoms with Crippen LogP contribution in [0.25, 0.3) is 22.3 Å². The second kappa shape index (κ2) is 7.08. The number of carbonyl (C=O) groups excluding carboxylic acids is 1. The van der Waals surface area contributed by atoms with Gasteiger partial charge in [-0.2, -0.15) is 5.26 Å². The molecule has 0 amide bonds. The fourth-order valence-electron chi connectivity index (χ4n) is 2.91. The minimum atomic E-state index is -0.422. The number of aryl methyl sites for hydroxylation is 1. The maximum absolute atomic E-state index is 12.2. The van der Waals surface area contributed by atoms with E-state index in [4.69, 9.17) is 4.74 Å². The van der Waals surface area contributed by atoms with E-state index in [0.29, 0.717) is 16.8 Å². The Bertz CT molecular complexity index is 1090. The van der Waals surface area contributed by atoms with Crippen molar-refractivity contribution < 1.29 is 9.53 Å². The molecule has 0 aliphatic rings. The molecule has 0 radical (unpaired) electrons. The Balaban J connectivity index is 2.26. The molecule has 0 bridgehead atoms. The monoisotopic (exact) mass is 344 g/mol. The number of rotatable bonds is 3. The van der Waals surface area contributed by atoms with Crippen LogP contribution < -0.4 is 5.56 Å². The molecular formula is C21H16N2O3. The molecule has 1 aromatic heterocycles. The van der Waals surface area contributed by atoms with E-state index in [-0.39, 0.29) is 5.56 Å². The summed E-state index contributed by atoms with van der Waals surface area (Å²) in [5, 5.41) is 9.43. The quantitative estimate of drug-likeness (QED) is 0.735. The van der Waals surface area contributed by atoms with Crippen molar-refractivity contribution in [2.45, 2.75) is 6.92 Å². The molecule has 0 spiro atoms. The Labute approximate surface area is 150 Å². The molecule has 2 aromatic carbocycles. The van der Waals surface area contributed by atoms with Crippen LogP contribution in [0.4, 0.5) is 0 Å². The largest absolute Gasteiger partial charge is 0.465 e. The van der Waals surface area contributed by atoms with Crippen molar-refractivity contribution in [3.05, 3.63) is 81.8 Å². The molecule has 0 saturated carbocycles. The SMILES string of the molecule is COC(=O)c1cccc(-c2ccccc2-c2cc(C)[nH]c(=O)c2C#N)c1. The van der Waals surface area contributed by atoms with E-state index >= 15 is 0 Å². The van der Waals surface area contributed by atoms with E-state index in [1.54, 1.807) is 31.2 Å². The van der Waals surface area contributed by atoms with Crippen molar-refractivity contribution in [2.75, 3.05) is 7.11 Å². The summed E-state index contributed by atoms with van der Waals surface area (Å²) in [6, 6.07) is 18.3. The molecular weight excluding hydrogens is 328 g/mol. The number of aromatic amines is 1. The van der Waals surface area contributed by atoms with Crippen molar-refractivity contribution in [1.82, 2.24) is 4.98 Å². The van der Waals surface area contributed by atoms with Gasteiger partial charge in [0.1, 0.15) is 11.6 Å². The van der Waals surface area contributed by atoms with Crippen LogP contribution in [0.1, 0.15) is 21.6 Å². The van der Waals surface area contributed by atoms with Gasteiger partial charge in [0.05, 0.1) is 12.7 Å². The third-order valence-electron chi connectivity index (χ3n) is 4.09. The van der Waals surface area contributed by atoms with Crippen LogP contribution in [0, 0.1) is 18.3 Å². The van der Waals surface area contributed by atoms with Gasteiger partial charge in [-0.05, 0) is 41.8 Å². The molecule has 5 heteroatoms. The molecule has 1 N–H and O–H groups in total. The summed E-state index contributed by atoms with van der Waals surface area (Å²) in [6.45, 7) is 1.77. The van der Waals surface area contributed by atoms with Crippen LogP contribution in [0.15, 0.2) is 59.4 Å². The Hall–Kier alpha value is -3.65. The summed E-state index contributed by atoms with van der Waals surface area (Å²) >= 11 is 0. The van der Waals surface area contributed by atoms with Crippen molar-refractivity contribution in [3.8, 4) is 28.3 Å². The Morgan fingerprint density at radius 2 is 1.77 bits per heavy atom. The lowest BCUT2D eigenvalue weighted by Crippen LogP contribution is -2.13. The molecule has 0 unspecified atom stereocenters. The van der Waals surface area contributed by atoms with Gasteiger partial charge in [-0.15, -0.1) is 0 Å². The summed E-state index contributed by atoms with van der Waals surface area (Å²) in [5.41, 5.74) is 3.68. The first-order valence-electron chi connectivity index (χ1n) is 7.97. The minimum absolute atomic E-state index is 0.0622. The Kier molecular flexibility index (Phi) is 4.68. The van der Waals surface area contributed by atoms with Gasteiger partial charge in [0.2, 0.25) is 0 Å². The number of ether oxygens (including phenoxy) is 1. The smallest absolute Gasteiger partial charge is 0.337 e. The van der Waals surface area contributed by atoms with Crippen LogP contribution in [-0.4, -0.2) is 18.1 Å². The fraction of sp³-hybridized carbons (Fsp3) is 0.0952. The second-order valence-electron chi connectivity index (χ2n) is 5.80. The summed E-state index contributed by atoms with van der Waals surface area (Å²) in [4.78, 5) is 26.6. The topological polar surface area (TPSA) is 83.0 Å². The molecule has 3 aromatic rings. The maximum atomic E-state index is 12.2. The van der Waals surface area contributed by atoms with E-state index in [0.717, 1.165) is 16.7 Å². The second-order valence-corrected chi connectivity index (χ2v) is 5.80. The predicted octanol–water partition coefficient (Wildman–Crippen LogP) is 3.68. The van der Waals surface area contributed by atoms with E-state index in [2.05, 4.69) is 4.98 Å². The zero-order valence-electron chi connectivity index (χ0n) is 14.4. The van der Waals surface area contributed by atoms with Crippen molar-refractivity contribution in [2.24, 2.45) is 0 Å². The third-order valence-corrected chi connectivity index (χ3v) is 4.09. The van der Waals surface area contributed by atoms with Crippen molar-refractivity contribution in [3.63, 3.8) is 0 Å². The highest BCUT2D eigenvalue weighted by molar-refractivity contribution is 5.93. The Morgan fingerprint density at radius 1 is 1.04 bits per heavy atom. The number of carbonyl (C=O) groups is 1. The minimum Gasteiger partial charge on any atom is -0.465 e. The lowest BCUT2D eigenvalue weighted by atomic mass is 9.92.